The first kappa shape index (κ1) is 22.3. The second kappa shape index (κ2) is 9.32. The zero-order valence-electron chi connectivity index (χ0n) is 18.7. The van der Waals surface area contributed by atoms with Gasteiger partial charge in [-0.3, -0.25) is 9.59 Å². The van der Waals surface area contributed by atoms with Crippen molar-refractivity contribution in [1.29, 1.82) is 0 Å². The van der Waals surface area contributed by atoms with Gasteiger partial charge < -0.3 is 14.0 Å². The maximum absolute atomic E-state index is 13.3. The van der Waals surface area contributed by atoms with Gasteiger partial charge in [0.15, 0.2) is 0 Å². The molecule has 1 aromatic heterocycles. The summed E-state index contributed by atoms with van der Waals surface area (Å²) in [5.41, 5.74) is 3.33. The zero-order valence-corrected chi connectivity index (χ0v) is 18.7. The number of imide groups is 1. The number of amides is 2. The van der Waals surface area contributed by atoms with Gasteiger partial charge in [-0.25, -0.2) is 9.69 Å². The quantitative estimate of drug-likeness (QED) is 0.434. The molecular formula is C26H26N2O5. The number of carbonyl (C=O) groups is 3. The summed E-state index contributed by atoms with van der Waals surface area (Å²) in [6, 6.07) is 19.2. The number of esters is 1. The molecule has 2 amide bonds. The topological polar surface area (TPSA) is 77.8 Å². The van der Waals surface area contributed by atoms with Crippen LogP contribution in [0.15, 0.2) is 67.2 Å². The minimum atomic E-state index is -1.19. The average molecular weight is 447 g/mol. The number of rotatable bonds is 5. The van der Waals surface area contributed by atoms with Gasteiger partial charge in [-0.1, -0.05) is 55.1 Å². The van der Waals surface area contributed by atoms with Crippen LogP contribution in [0.25, 0.3) is 16.5 Å². The molecule has 33 heavy (non-hydrogen) atoms. The van der Waals surface area contributed by atoms with Crippen molar-refractivity contribution in [2.24, 2.45) is 18.9 Å². The molecule has 0 bridgehead atoms. The summed E-state index contributed by atoms with van der Waals surface area (Å²) in [6.45, 7) is 4.44. The highest BCUT2D eigenvalue weighted by Crippen LogP contribution is 2.38. The van der Waals surface area contributed by atoms with Crippen LogP contribution in [0.2, 0.25) is 0 Å². The van der Waals surface area contributed by atoms with Gasteiger partial charge in [0.2, 0.25) is 5.91 Å². The van der Waals surface area contributed by atoms with Gasteiger partial charge in [0.1, 0.15) is 12.5 Å². The second-order valence-corrected chi connectivity index (χ2v) is 8.10. The van der Waals surface area contributed by atoms with E-state index in [-0.39, 0.29) is 13.2 Å². The number of aryl methyl sites for hydroxylation is 1. The predicted octanol–water partition coefficient (Wildman–Crippen LogP) is 4.17. The van der Waals surface area contributed by atoms with Crippen LogP contribution in [0.3, 0.4) is 0 Å². The van der Waals surface area contributed by atoms with Crippen molar-refractivity contribution in [2.45, 2.75) is 13.0 Å². The van der Waals surface area contributed by atoms with Crippen molar-refractivity contribution in [3.05, 3.63) is 78.5 Å². The SMILES string of the molecule is C=C(c1cc2ccccc2n1C)C1CCN(C(=O)OC)C(=O)C1C(=O)OCc1ccccc1. The standard InChI is InChI=1S/C26H26N2O5/c1-17(22-15-19-11-7-8-12-21(19)27(22)2)20-13-14-28(26(31)32-3)24(29)23(20)25(30)33-16-18-9-5-4-6-10-18/h4-12,15,20,23H,1,13-14,16H2,2-3H3. The molecule has 0 aliphatic carbocycles. The molecule has 2 atom stereocenters. The molecule has 2 aromatic carbocycles. The van der Waals surface area contributed by atoms with E-state index in [4.69, 9.17) is 9.47 Å². The van der Waals surface area contributed by atoms with Gasteiger partial charge in [0.25, 0.3) is 0 Å². The van der Waals surface area contributed by atoms with Crippen LogP contribution in [0.1, 0.15) is 17.7 Å². The van der Waals surface area contributed by atoms with Crippen LogP contribution in [0.4, 0.5) is 4.79 Å². The van der Waals surface area contributed by atoms with Gasteiger partial charge in [0.05, 0.1) is 7.11 Å². The lowest BCUT2D eigenvalue weighted by Crippen LogP contribution is -2.51. The monoisotopic (exact) mass is 446 g/mol. The number of hydrogen-bond donors (Lipinski definition) is 0. The summed E-state index contributed by atoms with van der Waals surface area (Å²) in [4.78, 5) is 39.5. The van der Waals surface area contributed by atoms with E-state index in [1.54, 1.807) is 0 Å². The Morgan fingerprint density at radius 1 is 1.09 bits per heavy atom. The van der Waals surface area contributed by atoms with Crippen molar-refractivity contribution >= 4 is 34.4 Å². The number of benzene rings is 2. The first-order chi connectivity index (χ1) is 15.9. The highest BCUT2D eigenvalue weighted by atomic mass is 16.5. The molecule has 170 valence electrons. The van der Waals surface area contributed by atoms with Crippen molar-refractivity contribution in [1.82, 2.24) is 9.47 Å². The summed E-state index contributed by atoms with van der Waals surface area (Å²) < 4.78 is 12.3. The summed E-state index contributed by atoms with van der Waals surface area (Å²) in [5, 5.41) is 1.04. The molecule has 1 aliphatic heterocycles. The Morgan fingerprint density at radius 2 is 1.79 bits per heavy atom. The minimum absolute atomic E-state index is 0.0366. The Balaban J connectivity index is 1.64. The molecule has 2 unspecified atom stereocenters. The second-order valence-electron chi connectivity index (χ2n) is 8.10. The van der Waals surface area contributed by atoms with Gasteiger partial charge in [-0.2, -0.15) is 0 Å². The van der Waals surface area contributed by atoms with E-state index in [9.17, 15) is 14.4 Å². The highest BCUT2D eigenvalue weighted by Gasteiger charge is 2.46. The number of aromatic nitrogens is 1. The molecule has 0 saturated carbocycles. The highest BCUT2D eigenvalue weighted by molar-refractivity contribution is 6.06. The number of nitrogens with zero attached hydrogens (tertiary/aromatic N) is 2. The number of piperidine rings is 1. The van der Waals surface area contributed by atoms with Crippen LogP contribution < -0.4 is 0 Å². The van der Waals surface area contributed by atoms with E-state index in [0.717, 1.165) is 27.1 Å². The Morgan fingerprint density at radius 3 is 2.48 bits per heavy atom. The molecular weight excluding hydrogens is 420 g/mol. The van der Waals surface area contributed by atoms with E-state index < -0.39 is 29.8 Å². The third-order valence-electron chi connectivity index (χ3n) is 6.20. The number of methoxy groups -OCH3 is 1. The number of fused-ring (bicyclic) bond motifs is 1. The smallest absolute Gasteiger partial charge is 0.416 e. The fourth-order valence-electron chi connectivity index (χ4n) is 4.42. The largest absolute Gasteiger partial charge is 0.460 e. The van der Waals surface area contributed by atoms with Crippen molar-refractivity contribution in [3.8, 4) is 0 Å². The Labute approximate surface area is 192 Å². The average Bonchev–Trinajstić information content (AvgIpc) is 3.18. The molecule has 0 spiro atoms. The number of hydrogen-bond acceptors (Lipinski definition) is 5. The van der Waals surface area contributed by atoms with Gasteiger partial charge in [0, 0.05) is 36.1 Å². The Bertz CT molecular complexity index is 1210. The van der Waals surface area contributed by atoms with Gasteiger partial charge in [-0.05, 0) is 29.7 Å². The molecule has 3 aromatic rings. The van der Waals surface area contributed by atoms with E-state index in [1.807, 2.05) is 72.3 Å². The Kier molecular flexibility index (Phi) is 6.31. The molecule has 0 N–H and O–H groups in total. The number of likely N-dealkylation sites (tertiary alicyclic amines) is 1. The fraction of sp³-hybridized carbons (Fsp3) is 0.269. The lowest BCUT2D eigenvalue weighted by Gasteiger charge is -2.35. The summed E-state index contributed by atoms with van der Waals surface area (Å²) in [5.74, 6) is -3.00. The molecule has 4 rings (SSSR count). The molecule has 1 saturated heterocycles. The van der Waals surface area contributed by atoms with E-state index in [2.05, 4.69) is 6.58 Å². The van der Waals surface area contributed by atoms with E-state index in [1.165, 1.54) is 7.11 Å². The summed E-state index contributed by atoms with van der Waals surface area (Å²) >= 11 is 0. The maximum Gasteiger partial charge on any atom is 0.416 e. The first-order valence-electron chi connectivity index (χ1n) is 10.8. The third-order valence-corrected chi connectivity index (χ3v) is 6.20. The lowest BCUT2D eigenvalue weighted by molar-refractivity contribution is -0.160. The number of para-hydroxylation sites is 1. The van der Waals surface area contributed by atoms with Gasteiger partial charge >= 0.3 is 12.1 Å². The van der Waals surface area contributed by atoms with Crippen LogP contribution in [0, 0.1) is 11.8 Å². The van der Waals surface area contributed by atoms with Crippen LogP contribution >= 0.6 is 0 Å². The van der Waals surface area contributed by atoms with Crippen LogP contribution in [0.5, 0.6) is 0 Å². The summed E-state index contributed by atoms with van der Waals surface area (Å²) in [6.07, 6.45) is -0.402. The number of allylic oxidation sites excluding steroid dienone is 1. The number of carbonyl (C=O) groups excluding carboxylic acids is 3. The number of ether oxygens (including phenoxy) is 2. The lowest BCUT2D eigenvalue weighted by atomic mass is 9.79. The van der Waals surface area contributed by atoms with Crippen molar-refractivity contribution in [3.63, 3.8) is 0 Å². The zero-order chi connectivity index (χ0) is 23.5. The molecule has 1 fully saturated rings. The maximum atomic E-state index is 13.3. The summed E-state index contributed by atoms with van der Waals surface area (Å²) in [7, 11) is 3.13. The minimum Gasteiger partial charge on any atom is -0.460 e. The first-order valence-corrected chi connectivity index (χ1v) is 10.8. The predicted molar refractivity (Wildman–Crippen MR) is 124 cm³/mol. The van der Waals surface area contributed by atoms with E-state index >= 15 is 0 Å². The third kappa shape index (κ3) is 4.26. The van der Waals surface area contributed by atoms with E-state index in [0.29, 0.717) is 12.0 Å². The molecule has 1 aliphatic rings. The molecule has 2 heterocycles. The normalized spacial score (nSPS) is 18.2. The van der Waals surface area contributed by atoms with Crippen molar-refractivity contribution < 1.29 is 23.9 Å². The van der Waals surface area contributed by atoms with Crippen LogP contribution in [-0.4, -0.2) is 41.1 Å². The Hall–Kier alpha value is -3.87. The fourth-order valence-corrected chi connectivity index (χ4v) is 4.42. The molecule has 0 radical (unpaired) electrons. The molecule has 7 heteroatoms. The van der Waals surface area contributed by atoms with Crippen LogP contribution in [-0.2, 0) is 32.7 Å². The van der Waals surface area contributed by atoms with Crippen molar-refractivity contribution in [2.75, 3.05) is 13.7 Å². The van der Waals surface area contributed by atoms with Gasteiger partial charge in [-0.15, -0.1) is 0 Å². The molecule has 7 nitrogen and oxygen atoms in total.